The van der Waals surface area contributed by atoms with E-state index in [0.29, 0.717) is 30.3 Å². The van der Waals surface area contributed by atoms with Crippen molar-refractivity contribution >= 4 is 33.0 Å². The van der Waals surface area contributed by atoms with Crippen molar-refractivity contribution < 1.29 is 13.2 Å². The van der Waals surface area contributed by atoms with Crippen LogP contribution in [0.1, 0.15) is 53.7 Å². The fourth-order valence-electron chi connectivity index (χ4n) is 4.00. The number of rotatable bonds is 8. The van der Waals surface area contributed by atoms with Crippen LogP contribution in [0.4, 0.5) is 5.69 Å². The summed E-state index contributed by atoms with van der Waals surface area (Å²) in [6.45, 7) is 10.6. The Morgan fingerprint density at radius 1 is 1.21 bits per heavy atom. The molecule has 1 aromatic carbocycles. The van der Waals surface area contributed by atoms with Gasteiger partial charge in [-0.2, -0.15) is 0 Å². The first-order chi connectivity index (χ1) is 15.4. The Balaban J connectivity index is 1.81. The molecule has 3 rings (SSSR count). The highest BCUT2D eigenvalue weighted by molar-refractivity contribution is 7.89. The van der Waals surface area contributed by atoms with Crippen LogP contribution in [0.15, 0.2) is 35.2 Å². The van der Waals surface area contributed by atoms with Crippen molar-refractivity contribution in [3.63, 3.8) is 0 Å². The number of hydrogen-bond donors (Lipinski definition) is 3. The number of amides is 1. The largest absolute Gasteiger partial charge is 0.380 e. The molecule has 1 aliphatic rings. The Hall–Kier alpha value is -1.94. The van der Waals surface area contributed by atoms with Crippen molar-refractivity contribution in [1.29, 1.82) is 0 Å². The molecule has 0 radical (unpaired) electrons. The molecule has 1 aromatic heterocycles. The fraction of sp³-hybridized carbons (Fsp3) is 0.542. The van der Waals surface area contributed by atoms with Crippen molar-refractivity contribution in [3.8, 4) is 0 Å². The monoisotopic (exact) mass is 492 g/mol. The van der Waals surface area contributed by atoms with Gasteiger partial charge in [0.15, 0.2) is 0 Å². The van der Waals surface area contributed by atoms with Gasteiger partial charge in [0.2, 0.25) is 10.0 Å². The van der Waals surface area contributed by atoms with Crippen LogP contribution in [0.5, 0.6) is 0 Å². The summed E-state index contributed by atoms with van der Waals surface area (Å²) in [4.78, 5) is 17.7. The van der Waals surface area contributed by atoms with Gasteiger partial charge < -0.3 is 15.5 Å². The Morgan fingerprint density at radius 3 is 2.61 bits per heavy atom. The van der Waals surface area contributed by atoms with E-state index >= 15 is 0 Å². The summed E-state index contributed by atoms with van der Waals surface area (Å²) in [5.41, 5.74) is 0.299. The zero-order valence-electron chi connectivity index (χ0n) is 20.2. The second-order valence-corrected chi connectivity index (χ2v) is 13.0. The van der Waals surface area contributed by atoms with Gasteiger partial charge >= 0.3 is 0 Å². The summed E-state index contributed by atoms with van der Waals surface area (Å²) in [5.74, 6) is 0.146. The van der Waals surface area contributed by atoms with Crippen LogP contribution in [0.25, 0.3) is 0 Å². The second kappa shape index (κ2) is 10.5. The van der Waals surface area contributed by atoms with Crippen LogP contribution in [0.3, 0.4) is 0 Å². The van der Waals surface area contributed by atoms with Crippen LogP contribution in [-0.4, -0.2) is 51.4 Å². The predicted octanol–water partition coefficient (Wildman–Crippen LogP) is 3.82. The summed E-state index contributed by atoms with van der Waals surface area (Å²) < 4.78 is 28.7. The van der Waals surface area contributed by atoms with Gasteiger partial charge in [0, 0.05) is 46.2 Å². The smallest absolute Gasteiger partial charge is 0.251 e. The quantitative estimate of drug-likeness (QED) is 0.521. The van der Waals surface area contributed by atoms with Crippen molar-refractivity contribution in [2.45, 2.75) is 57.5 Å². The topological polar surface area (TPSA) is 90.5 Å². The number of hydrogen-bond acceptors (Lipinski definition) is 6. The summed E-state index contributed by atoms with van der Waals surface area (Å²) >= 11 is 1.68. The molecule has 9 heteroatoms. The van der Waals surface area contributed by atoms with E-state index in [2.05, 4.69) is 33.4 Å². The summed E-state index contributed by atoms with van der Waals surface area (Å²) in [5, 5.41) is 6.30. The van der Waals surface area contributed by atoms with Crippen LogP contribution in [0.2, 0.25) is 0 Å². The van der Waals surface area contributed by atoms with Gasteiger partial charge in [-0.3, -0.25) is 4.79 Å². The van der Waals surface area contributed by atoms with Gasteiger partial charge in [-0.15, -0.1) is 11.3 Å². The second-order valence-electron chi connectivity index (χ2n) is 9.95. The van der Waals surface area contributed by atoms with Gasteiger partial charge in [-0.05, 0) is 90.4 Å². The third-order valence-corrected chi connectivity index (χ3v) is 8.19. The third kappa shape index (κ3) is 7.81. The summed E-state index contributed by atoms with van der Waals surface area (Å²) in [6, 6.07) is 8.86. The number of aryl methyl sites for hydroxylation is 1. The average molecular weight is 493 g/mol. The molecular weight excluding hydrogens is 456 g/mol. The van der Waals surface area contributed by atoms with Crippen LogP contribution in [-0.2, 0) is 16.6 Å². The normalized spacial score (nSPS) is 17.7. The van der Waals surface area contributed by atoms with Gasteiger partial charge in [-0.25, -0.2) is 13.1 Å². The molecule has 2 aromatic rings. The van der Waals surface area contributed by atoms with Crippen molar-refractivity contribution in [2.24, 2.45) is 5.92 Å². The van der Waals surface area contributed by atoms with Crippen LogP contribution < -0.4 is 15.4 Å². The molecular formula is C24H36N4O3S2. The number of likely N-dealkylation sites (tertiary alicyclic amines) is 1. The number of carbonyl (C=O) groups is 1. The maximum atomic E-state index is 13.0. The molecule has 1 saturated heterocycles. The van der Waals surface area contributed by atoms with Crippen molar-refractivity contribution in [1.82, 2.24) is 14.9 Å². The summed E-state index contributed by atoms with van der Waals surface area (Å²) in [6.07, 6.45) is 2.21. The molecule has 2 heterocycles. The molecule has 1 unspecified atom stereocenters. The molecule has 3 N–H and O–H groups in total. The third-order valence-electron chi connectivity index (χ3n) is 5.46. The number of thiophene rings is 1. The molecule has 7 nitrogen and oxygen atoms in total. The van der Waals surface area contributed by atoms with Gasteiger partial charge in [0.1, 0.15) is 0 Å². The number of nitrogens with zero attached hydrogens (tertiary/aromatic N) is 1. The number of nitrogens with one attached hydrogen (secondary N) is 3. The van der Waals surface area contributed by atoms with Gasteiger partial charge in [0.25, 0.3) is 5.91 Å². The number of piperidine rings is 1. The fourth-order valence-corrected chi connectivity index (χ4v) is 6.32. The zero-order valence-corrected chi connectivity index (χ0v) is 21.8. The zero-order chi connectivity index (χ0) is 24.2. The first-order valence-electron chi connectivity index (χ1n) is 11.4. The maximum absolute atomic E-state index is 13.0. The molecule has 1 fully saturated rings. The molecule has 1 amide bonds. The van der Waals surface area contributed by atoms with E-state index in [0.717, 1.165) is 30.8 Å². The highest BCUT2D eigenvalue weighted by atomic mass is 32.2. The van der Waals surface area contributed by atoms with E-state index in [1.807, 2.05) is 13.0 Å². The predicted molar refractivity (Wildman–Crippen MR) is 135 cm³/mol. The van der Waals surface area contributed by atoms with E-state index in [1.54, 1.807) is 44.2 Å². The molecule has 182 valence electrons. The van der Waals surface area contributed by atoms with Gasteiger partial charge in [-0.1, -0.05) is 0 Å². The Morgan fingerprint density at radius 2 is 1.97 bits per heavy atom. The number of benzene rings is 1. The van der Waals surface area contributed by atoms with E-state index in [9.17, 15) is 13.2 Å². The number of sulfonamides is 1. The highest BCUT2D eigenvalue weighted by Gasteiger charge is 2.24. The maximum Gasteiger partial charge on any atom is 0.251 e. The molecule has 33 heavy (non-hydrogen) atoms. The highest BCUT2D eigenvalue weighted by Crippen LogP contribution is 2.23. The summed E-state index contributed by atoms with van der Waals surface area (Å²) in [7, 11) is -1.70. The lowest BCUT2D eigenvalue weighted by Gasteiger charge is -2.29. The van der Waals surface area contributed by atoms with E-state index in [1.165, 1.54) is 10.9 Å². The molecule has 0 aliphatic carbocycles. The standard InChI is InChI=1S/C24H36N4O3S2/c1-17-8-9-21(32-17)15-25-20-11-19(12-22(13-20)33(30,31)27-24(2,3)4)23(29)26-14-18-7-6-10-28(5)16-18/h8-9,11-13,18,25,27H,6-7,10,14-16H2,1-5H3,(H,26,29). The van der Waals surface area contributed by atoms with E-state index in [-0.39, 0.29) is 10.8 Å². The van der Waals surface area contributed by atoms with E-state index in [4.69, 9.17) is 0 Å². The first-order valence-corrected chi connectivity index (χ1v) is 13.7. The minimum atomic E-state index is -3.79. The van der Waals surface area contributed by atoms with E-state index < -0.39 is 15.6 Å². The number of anilines is 1. The molecule has 0 saturated carbocycles. The Kier molecular flexibility index (Phi) is 8.21. The lowest BCUT2D eigenvalue weighted by Crippen LogP contribution is -2.40. The van der Waals surface area contributed by atoms with Crippen molar-refractivity contribution in [2.75, 3.05) is 32.0 Å². The number of carbonyl (C=O) groups excluding carboxylic acids is 1. The molecule has 0 bridgehead atoms. The van der Waals surface area contributed by atoms with Crippen molar-refractivity contribution in [3.05, 3.63) is 45.6 Å². The molecule has 1 aliphatic heterocycles. The Bertz CT molecular complexity index is 1070. The first kappa shape index (κ1) is 25.7. The minimum absolute atomic E-state index is 0.0762. The molecule has 0 spiro atoms. The average Bonchev–Trinajstić information content (AvgIpc) is 3.14. The lowest BCUT2D eigenvalue weighted by molar-refractivity contribution is 0.0936. The minimum Gasteiger partial charge on any atom is -0.380 e. The van der Waals surface area contributed by atoms with Crippen LogP contribution >= 0.6 is 11.3 Å². The Labute approximate surface area is 202 Å². The SMILES string of the molecule is Cc1ccc(CNc2cc(C(=O)NCC3CCCN(C)C3)cc(S(=O)(=O)NC(C)(C)C)c2)s1. The lowest BCUT2D eigenvalue weighted by atomic mass is 9.98. The van der Waals surface area contributed by atoms with Crippen LogP contribution in [0, 0.1) is 12.8 Å². The van der Waals surface area contributed by atoms with Gasteiger partial charge in [0.05, 0.1) is 4.90 Å². The molecule has 1 atom stereocenters.